The molecule has 1 amide bonds. The van der Waals surface area contributed by atoms with Gasteiger partial charge >= 0.3 is 6.09 Å². The van der Waals surface area contributed by atoms with Crippen LogP contribution in [0, 0.1) is 12.8 Å². The summed E-state index contributed by atoms with van der Waals surface area (Å²) in [5.74, 6) is 1.97. The third-order valence-electron chi connectivity index (χ3n) is 4.66. The molecule has 3 rings (SSSR count). The summed E-state index contributed by atoms with van der Waals surface area (Å²) >= 11 is 0. The highest BCUT2D eigenvalue weighted by Gasteiger charge is 2.14. The number of aromatic nitrogens is 4. The Morgan fingerprint density at radius 2 is 1.60 bits per heavy atom. The molecular formula is C23H27N5O2. The SMILES string of the molecule is Cc1ccc(OC(=O)N(C)Cc2nnc(-c3ccc(CCC(C)C)cc3)nn2)cc1. The average molecular weight is 406 g/mol. The van der Waals surface area contributed by atoms with Gasteiger partial charge in [0.25, 0.3) is 0 Å². The van der Waals surface area contributed by atoms with Crippen LogP contribution in [-0.2, 0) is 13.0 Å². The Kier molecular flexibility index (Phi) is 7.06. The van der Waals surface area contributed by atoms with Gasteiger partial charge in [0.15, 0.2) is 5.82 Å². The molecule has 2 aromatic carbocycles. The van der Waals surface area contributed by atoms with Crippen molar-refractivity contribution in [2.75, 3.05) is 7.05 Å². The highest BCUT2D eigenvalue weighted by molar-refractivity contribution is 5.70. The topological polar surface area (TPSA) is 81.1 Å². The zero-order valence-corrected chi connectivity index (χ0v) is 17.9. The van der Waals surface area contributed by atoms with Crippen molar-refractivity contribution in [1.29, 1.82) is 0 Å². The van der Waals surface area contributed by atoms with Gasteiger partial charge in [0.05, 0.1) is 6.54 Å². The Bertz CT molecular complexity index is 954. The van der Waals surface area contributed by atoms with Crippen LogP contribution in [0.1, 0.15) is 37.2 Å². The Morgan fingerprint density at radius 1 is 0.967 bits per heavy atom. The van der Waals surface area contributed by atoms with Gasteiger partial charge in [0, 0.05) is 12.6 Å². The van der Waals surface area contributed by atoms with Crippen LogP contribution < -0.4 is 4.74 Å². The summed E-state index contributed by atoms with van der Waals surface area (Å²) in [5, 5.41) is 16.5. The van der Waals surface area contributed by atoms with E-state index in [2.05, 4.69) is 46.4 Å². The molecule has 0 radical (unpaired) electrons. The first-order valence-corrected chi connectivity index (χ1v) is 10.1. The molecule has 7 heteroatoms. The van der Waals surface area contributed by atoms with Crippen LogP contribution in [0.15, 0.2) is 48.5 Å². The fourth-order valence-corrected chi connectivity index (χ4v) is 2.77. The molecule has 3 aromatic rings. The second-order valence-electron chi connectivity index (χ2n) is 7.81. The van der Waals surface area contributed by atoms with Crippen LogP contribution in [0.2, 0.25) is 0 Å². The second kappa shape index (κ2) is 9.91. The largest absolute Gasteiger partial charge is 0.415 e. The molecule has 0 aliphatic heterocycles. The number of amides is 1. The molecule has 1 aromatic heterocycles. The number of nitrogens with zero attached hydrogens (tertiary/aromatic N) is 5. The van der Waals surface area contributed by atoms with Gasteiger partial charge in [-0.2, -0.15) is 0 Å². The number of benzene rings is 2. The van der Waals surface area contributed by atoms with E-state index in [0.717, 1.165) is 24.0 Å². The lowest BCUT2D eigenvalue weighted by atomic mass is 10.0. The summed E-state index contributed by atoms with van der Waals surface area (Å²) in [6.07, 6.45) is 1.72. The minimum atomic E-state index is -0.497. The summed E-state index contributed by atoms with van der Waals surface area (Å²) in [7, 11) is 1.61. The van der Waals surface area contributed by atoms with Gasteiger partial charge in [-0.3, -0.25) is 0 Å². The summed E-state index contributed by atoms with van der Waals surface area (Å²) in [4.78, 5) is 13.6. The van der Waals surface area contributed by atoms with E-state index in [1.54, 1.807) is 19.2 Å². The average Bonchev–Trinajstić information content (AvgIpc) is 2.75. The van der Waals surface area contributed by atoms with E-state index < -0.39 is 6.09 Å². The number of carbonyl (C=O) groups is 1. The fraction of sp³-hybridized carbons (Fsp3) is 0.348. The molecule has 7 nitrogen and oxygen atoms in total. The molecular weight excluding hydrogens is 378 g/mol. The van der Waals surface area contributed by atoms with Crippen molar-refractivity contribution in [2.45, 2.75) is 40.2 Å². The highest BCUT2D eigenvalue weighted by Crippen LogP contribution is 2.17. The lowest BCUT2D eigenvalue weighted by Crippen LogP contribution is -2.30. The maximum atomic E-state index is 12.2. The fourth-order valence-electron chi connectivity index (χ4n) is 2.77. The van der Waals surface area contributed by atoms with Crippen LogP contribution in [0.25, 0.3) is 11.4 Å². The molecule has 0 aliphatic rings. The predicted octanol–water partition coefficient (Wildman–Crippen LogP) is 4.46. The van der Waals surface area contributed by atoms with Crippen molar-refractivity contribution in [3.8, 4) is 17.1 Å². The van der Waals surface area contributed by atoms with Gasteiger partial charge < -0.3 is 9.64 Å². The number of aryl methyl sites for hydroxylation is 2. The van der Waals surface area contributed by atoms with Crippen LogP contribution in [-0.4, -0.2) is 38.4 Å². The highest BCUT2D eigenvalue weighted by atomic mass is 16.6. The summed E-state index contributed by atoms with van der Waals surface area (Å²) in [6.45, 7) is 6.57. The monoisotopic (exact) mass is 405 g/mol. The molecule has 0 N–H and O–H groups in total. The molecule has 0 saturated carbocycles. The van der Waals surface area contributed by atoms with Gasteiger partial charge in [-0.1, -0.05) is 55.8 Å². The van der Waals surface area contributed by atoms with Crippen molar-refractivity contribution in [2.24, 2.45) is 5.92 Å². The van der Waals surface area contributed by atoms with E-state index >= 15 is 0 Å². The molecule has 0 bridgehead atoms. The van der Waals surface area contributed by atoms with Crippen molar-refractivity contribution in [1.82, 2.24) is 25.3 Å². The smallest absolute Gasteiger partial charge is 0.410 e. The number of ether oxygens (including phenoxy) is 1. The maximum Gasteiger partial charge on any atom is 0.415 e. The van der Waals surface area contributed by atoms with Crippen LogP contribution in [0.5, 0.6) is 5.75 Å². The molecule has 0 unspecified atom stereocenters. The van der Waals surface area contributed by atoms with Gasteiger partial charge in [-0.25, -0.2) is 4.79 Å². The molecule has 156 valence electrons. The number of hydrogen-bond donors (Lipinski definition) is 0. The van der Waals surface area contributed by atoms with E-state index in [4.69, 9.17) is 4.74 Å². The summed E-state index contributed by atoms with van der Waals surface area (Å²) in [5.41, 5.74) is 3.25. The third-order valence-corrected chi connectivity index (χ3v) is 4.66. The zero-order chi connectivity index (χ0) is 21.5. The second-order valence-corrected chi connectivity index (χ2v) is 7.81. The third kappa shape index (κ3) is 6.07. The minimum absolute atomic E-state index is 0.152. The Morgan fingerprint density at radius 3 is 2.20 bits per heavy atom. The van der Waals surface area contributed by atoms with Crippen LogP contribution in [0.3, 0.4) is 0 Å². The summed E-state index contributed by atoms with van der Waals surface area (Å²) in [6, 6.07) is 15.4. The Labute approximate surface area is 177 Å². The molecule has 0 spiro atoms. The first-order valence-electron chi connectivity index (χ1n) is 10.1. The molecule has 30 heavy (non-hydrogen) atoms. The first-order chi connectivity index (χ1) is 14.4. The minimum Gasteiger partial charge on any atom is -0.410 e. The van der Waals surface area contributed by atoms with E-state index in [0.29, 0.717) is 23.3 Å². The summed E-state index contributed by atoms with van der Waals surface area (Å²) < 4.78 is 5.33. The van der Waals surface area contributed by atoms with E-state index in [-0.39, 0.29) is 6.54 Å². The van der Waals surface area contributed by atoms with E-state index in [1.807, 2.05) is 31.2 Å². The predicted molar refractivity (Wildman–Crippen MR) is 115 cm³/mol. The Hall–Kier alpha value is -3.35. The lowest BCUT2D eigenvalue weighted by molar-refractivity contribution is 0.159. The molecule has 0 atom stereocenters. The zero-order valence-electron chi connectivity index (χ0n) is 17.9. The molecule has 0 fully saturated rings. The van der Waals surface area contributed by atoms with Crippen molar-refractivity contribution in [3.05, 3.63) is 65.5 Å². The quantitative estimate of drug-likeness (QED) is 0.577. The Balaban J connectivity index is 1.57. The van der Waals surface area contributed by atoms with E-state index in [9.17, 15) is 4.79 Å². The van der Waals surface area contributed by atoms with Gasteiger partial charge in [-0.15, -0.1) is 20.4 Å². The van der Waals surface area contributed by atoms with E-state index in [1.165, 1.54) is 10.5 Å². The standard InChI is InChI=1S/C23H27N5O2/c1-16(2)5-8-18-9-11-19(12-10-18)22-26-24-21(25-27-22)15-28(4)23(29)30-20-13-6-17(3)7-14-20/h6-7,9-14,16H,5,8,15H2,1-4H3. The number of hydrogen-bond acceptors (Lipinski definition) is 6. The number of rotatable bonds is 7. The molecule has 0 aliphatic carbocycles. The normalized spacial score (nSPS) is 10.8. The maximum absolute atomic E-state index is 12.2. The van der Waals surface area contributed by atoms with Gasteiger partial charge in [0.1, 0.15) is 5.75 Å². The van der Waals surface area contributed by atoms with Crippen LogP contribution in [0.4, 0.5) is 4.79 Å². The lowest BCUT2D eigenvalue weighted by Gasteiger charge is -2.15. The van der Waals surface area contributed by atoms with Crippen molar-refractivity contribution >= 4 is 6.09 Å². The molecule has 0 saturated heterocycles. The van der Waals surface area contributed by atoms with Crippen molar-refractivity contribution in [3.63, 3.8) is 0 Å². The van der Waals surface area contributed by atoms with Gasteiger partial charge in [-0.05, 0) is 43.4 Å². The molecule has 1 heterocycles. The van der Waals surface area contributed by atoms with Gasteiger partial charge in [0.2, 0.25) is 5.82 Å². The van der Waals surface area contributed by atoms with Crippen LogP contribution >= 0.6 is 0 Å². The number of carbonyl (C=O) groups excluding carboxylic acids is 1. The first kappa shape index (κ1) is 21.4. The van der Waals surface area contributed by atoms with Crippen molar-refractivity contribution < 1.29 is 9.53 Å².